The third kappa shape index (κ3) is 5.60. The van der Waals surface area contributed by atoms with E-state index in [-0.39, 0.29) is 17.2 Å². The van der Waals surface area contributed by atoms with E-state index in [0.717, 1.165) is 12.2 Å². The Labute approximate surface area is 148 Å². The van der Waals surface area contributed by atoms with Crippen LogP contribution < -0.4 is 9.46 Å². The van der Waals surface area contributed by atoms with Crippen LogP contribution in [0.2, 0.25) is 0 Å². The maximum atomic E-state index is 12.1. The summed E-state index contributed by atoms with van der Waals surface area (Å²) in [4.78, 5) is 16.2. The summed E-state index contributed by atoms with van der Waals surface area (Å²) in [6.07, 6.45) is 4.25. The van der Waals surface area contributed by atoms with Gasteiger partial charge in [-0.25, -0.2) is 18.1 Å². The van der Waals surface area contributed by atoms with Gasteiger partial charge in [0.15, 0.2) is 0 Å². The van der Waals surface area contributed by atoms with Crippen molar-refractivity contribution in [2.45, 2.75) is 26.9 Å². The standard InChI is InChI=1S/C17H23N3O4S/c1-4-13(2)12-25(22,23)19-17(21)14-5-7-15(8-6-14)24-11-16-18-9-10-20(16)3/h5-10,13H,4,11-12H2,1-3H3,(H,19,21)/t13-/m1/s1. The summed E-state index contributed by atoms with van der Waals surface area (Å²) >= 11 is 0. The van der Waals surface area contributed by atoms with Gasteiger partial charge in [-0.05, 0) is 30.2 Å². The molecule has 1 atom stereocenters. The molecule has 136 valence electrons. The molecule has 0 aliphatic carbocycles. The molecule has 0 saturated heterocycles. The SMILES string of the molecule is CC[C@@H](C)CS(=O)(=O)NC(=O)c1ccc(OCc2nccn2C)cc1. The minimum atomic E-state index is -3.64. The third-order valence-corrected chi connectivity index (χ3v) is 5.36. The molecular formula is C17H23N3O4S. The molecule has 1 amide bonds. The number of imidazole rings is 1. The molecule has 0 bridgehead atoms. The first-order chi connectivity index (χ1) is 11.8. The predicted molar refractivity (Wildman–Crippen MR) is 94.7 cm³/mol. The third-order valence-electron chi connectivity index (χ3n) is 3.85. The smallest absolute Gasteiger partial charge is 0.264 e. The second-order valence-electron chi connectivity index (χ2n) is 5.99. The maximum absolute atomic E-state index is 12.1. The molecular weight excluding hydrogens is 342 g/mol. The molecule has 0 aliphatic heterocycles. The van der Waals surface area contributed by atoms with Crippen LogP contribution in [0.1, 0.15) is 36.5 Å². The van der Waals surface area contributed by atoms with Crippen molar-refractivity contribution in [2.75, 3.05) is 5.75 Å². The van der Waals surface area contributed by atoms with Crippen molar-refractivity contribution in [3.63, 3.8) is 0 Å². The van der Waals surface area contributed by atoms with E-state index in [1.165, 1.54) is 12.1 Å². The zero-order chi connectivity index (χ0) is 18.4. The fraction of sp³-hybridized carbons (Fsp3) is 0.412. The predicted octanol–water partition coefficient (Wildman–Crippen LogP) is 2.10. The summed E-state index contributed by atoms with van der Waals surface area (Å²) in [5.74, 6) is 0.631. The van der Waals surface area contributed by atoms with E-state index in [2.05, 4.69) is 9.71 Å². The van der Waals surface area contributed by atoms with Gasteiger partial charge >= 0.3 is 0 Å². The number of nitrogens with one attached hydrogen (secondary N) is 1. The lowest BCUT2D eigenvalue weighted by Gasteiger charge is -2.11. The number of sulfonamides is 1. The first-order valence-electron chi connectivity index (χ1n) is 8.04. The van der Waals surface area contributed by atoms with Crippen LogP contribution in [-0.4, -0.2) is 29.6 Å². The first kappa shape index (κ1) is 19.0. The Morgan fingerprint density at radius 3 is 2.56 bits per heavy atom. The van der Waals surface area contributed by atoms with Gasteiger partial charge in [0.05, 0.1) is 5.75 Å². The van der Waals surface area contributed by atoms with Crippen molar-refractivity contribution in [1.29, 1.82) is 0 Å². The molecule has 8 heteroatoms. The number of aromatic nitrogens is 2. The summed E-state index contributed by atoms with van der Waals surface area (Å²) in [5, 5.41) is 0. The number of carbonyl (C=O) groups excluding carboxylic acids is 1. The van der Waals surface area contributed by atoms with Crippen LogP contribution in [0.5, 0.6) is 5.75 Å². The molecule has 1 heterocycles. The lowest BCUT2D eigenvalue weighted by molar-refractivity contribution is 0.0981. The van der Waals surface area contributed by atoms with Crippen LogP contribution in [0, 0.1) is 5.92 Å². The van der Waals surface area contributed by atoms with Crippen LogP contribution in [-0.2, 0) is 23.7 Å². The molecule has 0 fully saturated rings. The molecule has 0 saturated carbocycles. The fourth-order valence-electron chi connectivity index (χ4n) is 2.12. The van der Waals surface area contributed by atoms with Crippen LogP contribution in [0.4, 0.5) is 0 Å². The van der Waals surface area contributed by atoms with Crippen molar-refractivity contribution in [3.8, 4) is 5.75 Å². The van der Waals surface area contributed by atoms with Crippen molar-refractivity contribution >= 4 is 15.9 Å². The highest BCUT2D eigenvalue weighted by molar-refractivity contribution is 7.90. The van der Waals surface area contributed by atoms with Crippen LogP contribution in [0.15, 0.2) is 36.7 Å². The van der Waals surface area contributed by atoms with E-state index in [1.54, 1.807) is 18.3 Å². The quantitative estimate of drug-likeness (QED) is 0.774. The Balaban J connectivity index is 1.94. The molecule has 1 aromatic heterocycles. The van der Waals surface area contributed by atoms with Gasteiger partial charge in [0.2, 0.25) is 10.0 Å². The molecule has 1 aromatic carbocycles. The molecule has 0 spiro atoms. The summed E-state index contributed by atoms with van der Waals surface area (Å²) in [7, 11) is -1.76. The van der Waals surface area contributed by atoms with Gasteiger partial charge in [-0.15, -0.1) is 0 Å². The number of benzene rings is 1. The van der Waals surface area contributed by atoms with Crippen molar-refractivity contribution in [2.24, 2.45) is 13.0 Å². The van der Waals surface area contributed by atoms with Crippen molar-refractivity contribution in [1.82, 2.24) is 14.3 Å². The van der Waals surface area contributed by atoms with Crippen LogP contribution >= 0.6 is 0 Å². The second kappa shape index (κ2) is 8.15. The molecule has 0 aliphatic rings. The minimum absolute atomic E-state index is 0.00722. The molecule has 2 aromatic rings. The van der Waals surface area contributed by atoms with Crippen LogP contribution in [0.3, 0.4) is 0 Å². The maximum Gasteiger partial charge on any atom is 0.264 e. The number of hydrogen-bond donors (Lipinski definition) is 1. The van der Waals surface area contributed by atoms with E-state index in [9.17, 15) is 13.2 Å². The lowest BCUT2D eigenvalue weighted by Crippen LogP contribution is -2.34. The summed E-state index contributed by atoms with van der Waals surface area (Å²) < 4.78 is 33.5. The van der Waals surface area contributed by atoms with Gasteiger partial charge in [0, 0.05) is 25.0 Å². The Morgan fingerprint density at radius 1 is 1.32 bits per heavy atom. The number of rotatable bonds is 8. The molecule has 25 heavy (non-hydrogen) atoms. The van der Waals surface area contributed by atoms with E-state index in [1.807, 2.05) is 31.7 Å². The molecule has 2 rings (SSSR count). The van der Waals surface area contributed by atoms with E-state index >= 15 is 0 Å². The summed E-state index contributed by atoms with van der Waals surface area (Å²) in [5.41, 5.74) is 0.261. The average molecular weight is 365 g/mol. The zero-order valence-electron chi connectivity index (χ0n) is 14.6. The van der Waals surface area contributed by atoms with Gasteiger partial charge in [0.1, 0.15) is 18.2 Å². The number of carbonyl (C=O) groups is 1. The van der Waals surface area contributed by atoms with Crippen LogP contribution in [0.25, 0.3) is 0 Å². The van der Waals surface area contributed by atoms with Crippen molar-refractivity contribution < 1.29 is 17.9 Å². The monoisotopic (exact) mass is 365 g/mol. The number of amides is 1. The van der Waals surface area contributed by atoms with Gasteiger partial charge in [-0.3, -0.25) is 4.79 Å². The van der Waals surface area contributed by atoms with Crippen molar-refractivity contribution in [3.05, 3.63) is 48.0 Å². The molecule has 0 radical (unpaired) electrons. The number of nitrogens with zero attached hydrogens (tertiary/aromatic N) is 2. The fourth-order valence-corrected chi connectivity index (χ4v) is 3.59. The van der Waals surface area contributed by atoms with E-state index < -0.39 is 15.9 Å². The Hall–Kier alpha value is -2.35. The lowest BCUT2D eigenvalue weighted by atomic mass is 10.2. The number of aryl methyl sites for hydroxylation is 1. The molecule has 1 N–H and O–H groups in total. The molecule has 7 nitrogen and oxygen atoms in total. The summed E-state index contributed by atoms with van der Waals surface area (Å²) in [6.45, 7) is 4.04. The molecule has 0 unspecified atom stereocenters. The highest BCUT2D eigenvalue weighted by atomic mass is 32.2. The van der Waals surface area contributed by atoms with E-state index in [4.69, 9.17) is 4.74 Å². The average Bonchev–Trinajstić information content (AvgIpc) is 2.97. The number of hydrogen-bond acceptors (Lipinski definition) is 5. The Morgan fingerprint density at radius 2 is 2.00 bits per heavy atom. The highest BCUT2D eigenvalue weighted by Crippen LogP contribution is 2.14. The van der Waals surface area contributed by atoms with Gasteiger partial charge in [0.25, 0.3) is 5.91 Å². The van der Waals surface area contributed by atoms with Gasteiger partial charge in [-0.1, -0.05) is 20.3 Å². The van der Waals surface area contributed by atoms with E-state index in [0.29, 0.717) is 12.4 Å². The van der Waals surface area contributed by atoms with Gasteiger partial charge in [-0.2, -0.15) is 0 Å². The largest absolute Gasteiger partial charge is 0.486 e. The zero-order valence-corrected chi connectivity index (χ0v) is 15.4. The topological polar surface area (TPSA) is 90.3 Å². The minimum Gasteiger partial charge on any atom is -0.486 e. The number of ether oxygens (including phenoxy) is 1. The Bertz CT molecular complexity index is 813. The summed E-state index contributed by atoms with van der Waals surface area (Å²) in [6, 6.07) is 6.31. The Kier molecular flexibility index (Phi) is 6.19. The highest BCUT2D eigenvalue weighted by Gasteiger charge is 2.18. The second-order valence-corrected chi connectivity index (χ2v) is 7.76. The first-order valence-corrected chi connectivity index (χ1v) is 9.70. The normalized spacial score (nSPS) is 12.6. The van der Waals surface area contributed by atoms with Gasteiger partial charge < -0.3 is 9.30 Å².